The molecule has 1 aliphatic rings. The van der Waals surface area contributed by atoms with Crippen LogP contribution in [0.2, 0.25) is 0 Å². The second-order valence-electron chi connectivity index (χ2n) is 4.92. The number of hydrogen-bond donors (Lipinski definition) is 1. The van der Waals surface area contributed by atoms with Gasteiger partial charge in [-0.3, -0.25) is 4.79 Å². The van der Waals surface area contributed by atoms with Gasteiger partial charge in [0.05, 0.1) is 0 Å². The molecule has 0 bridgehead atoms. The Morgan fingerprint density at radius 3 is 2.15 bits per heavy atom. The van der Waals surface area contributed by atoms with Crippen molar-refractivity contribution in [3.05, 3.63) is 0 Å². The predicted octanol–water partition coefficient (Wildman–Crippen LogP) is 2.34. The molecule has 1 N–H and O–H groups in total. The summed E-state index contributed by atoms with van der Waals surface area (Å²) >= 11 is 0. The fourth-order valence-electron chi connectivity index (χ4n) is 1.81. The minimum atomic E-state index is 0.223. The van der Waals surface area contributed by atoms with Gasteiger partial charge >= 0.3 is 0 Å². The minimum Gasteiger partial charge on any atom is -0.354 e. The van der Waals surface area contributed by atoms with E-state index in [0.29, 0.717) is 11.3 Å². The highest BCUT2D eigenvalue weighted by Crippen LogP contribution is 2.54. The van der Waals surface area contributed by atoms with E-state index in [2.05, 4.69) is 19.2 Å². The summed E-state index contributed by atoms with van der Waals surface area (Å²) in [6.45, 7) is 8.45. The van der Waals surface area contributed by atoms with Gasteiger partial charge in [0.2, 0.25) is 5.91 Å². The van der Waals surface area contributed by atoms with Crippen LogP contribution in [-0.4, -0.2) is 11.9 Å². The molecular formula is C11H21NO. The molecule has 2 nitrogen and oxygen atoms in total. The Morgan fingerprint density at radius 1 is 1.31 bits per heavy atom. The first-order valence-corrected chi connectivity index (χ1v) is 5.26. The fourth-order valence-corrected chi connectivity index (χ4v) is 1.81. The molecule has 1 saturated carbocycles. The first-order chi connectivity index (χ1) is 5.96. The van der Waals surface area contributed by atoms with E-state index in [1.165, 1.54) is 12.8 Å². The van der Waals surface area contributed by atoms with E-state index in [1.54, 1.807) is 0 Å². The second kappa shape index (κ2) is 3.69. The van der Waals surface area contributed by atoms with Crippen LogP contribution < -0.4 is 5.32 Å². The van der Waals surface area contributed by atoms with Gasteiger partial charge in [0.1, 0.15) is 0 Å². The molecule has 0 heterocycles. The van der Waals surface area contributed by atoms with Crippen LogP contribution in [0.5, 0.6) is 0 Å². The van der Waals surface area contributed by atoms with Gasteiger partial charge in [-0.15, -0.1) is 0 Å². The zero-order valence-electron chi connectivity index (χ0n) is 9.18. The lowest BCUT2D eigenvalue weighted by atomic mass is 9.89. The Bertz CT molecular complexity index is 192. The van der Waals surface area contributed by atoms with Crippen molar-refractivity contribution in [1.29, 1.82) is 0 Å². The Hall–Kier alpha value is -0.530. The van der Waals surface area contributed by atoms with Crippen LogP contribution in [0.1, 0.15) is 47.0 Å². The summed E-state index contributed by atoms with van der Waals surface area (Å²) in [6.07, 6.45) is 3.19. The number of rotatable bonds is 4. The molecular weight excluding hydrogens is 162 g/mol. The summed E-state index contributed by atoms with van der Waals surface area (Å²) in [6, 6.07) is 0.274. The monoisotopic (exact) mass is 183 g/mol. The smallest absolute Gasteiger partial charge is 0.220 e. The molecule has 76 valence electrons. The topological polar surface area (TPSA) is 29.1 Å². The van der Waals surface area contributed by atoms with Gasteiger partial charge in [-0.2, -0.15) is 0 Å². The van der Waals surface area contributed by atoms with Crippen molar-refractivity contribution in [1.82, 2.24) is 5.32 Å². The largest absolute Gasteiger partial charge is 0.354 e. The zero-order chi connectivity index (χ0) is 10.1. The van der Waals surface area contributed by atoms with Crippen LogP contribution >= 0.6 is 0 Å². The molecule has 13 heavy (non-hydrogen) atoms. The number of nitrogens with one attached hydrogen (secondary N) is 1. The Morgan fingerprint density at radius 2 is 1.85 bits per heavy atom. The maximum atomic E-state index is 11.5. The van der Waals surface area contributed by atoms with Gasteiger partial charge < -0.3 is 5.32 Å². The van der Waals surface area contributed by atoms with Crippen molar-refractivity contribution < 1.29 is 4.79 Å². The van der Waals surface area contributed by atoms with Gasteiger partial charge in [-0.1, -0.05) is 13.8 Å². The van der Waals surface area contributed by atoms with Crippen LogP contribution in [0.4, 0.5) is 0 Å². The maximum Gasteiger partial charge on any atom is 0.220 e. The average molecular weight is 183 g/mol. The number of carbonyl (C=O) groups is 1. The van der Waals surface area contributed by atoms with Crippen LogP contribution in [-0.2, 0) is 4.79 Å². The quantitative estimate of drug-likeness (QED) is 0.712. The highest BCUT2D eigenvalue weighted by Gasteiger charge is 2.46. The standard InChI is InChI=1S/C11H21NO/c1-8(2)11(5-6-11)7-10(13)12-9(3)4/h8-9H,5-7H2,1-4H3,(H,12,13). The van der Waals surface area contributed by atoms with Crippen molar-refractivity contribution >= 4 is 5.91 Å². The SMILES string of the molecule is CC(C)NC(=O)CC1(C(C)C)CC1. The van der Waals surface area contributed by atoms with E-state index >= 15 is 0 Å². The molecule has 0 atom stereocenters. The van der Waals surface area contributed by atoms with Gasteiger partial charge in [0.15, 0.2) is 0 Å². The van der Waals surface area contributed by atoms with E-state index in [-0.39, 0.29) is 11.9 Å². The molecule has 2 heteroatoms. The van der Waals surface area contributed by atoms with E-state index in [1.807, 2.05) is 13.8 Å². The van der Waals surface area contributed by atoms with Gasteiger partial charge in [-0.05, 0) is 38.0 Å². The van der Waals surface area contributed by atoms with Crippen molar-refractivity contribution in [2.45, 2.75) is 53.0 Å². The molecule has 0 aliphatic heterocycles. The molecule has 0 spiro atoms. The summed E-state index contributed by atoms with van der Waals surface area (Å²) in [5, 5.41) is 2.95. The first-order valence-electron chi connectivity index (χ1n) is 5.26. The maximum absolute atomic E-state index is 11.5. The predicted molar refractivity (Wildman–Crippen MR) is 54.4 cm³/mol. The fraction of sp³-hybridized carbons (Fsp3) is 0.909. The van der Waals surface area contributed by atoms with Gasteiger partial charge in [-0.25, -0.2) is 0 Å². The van der Waals surface area contributed by atoms with Crippen LogP contribution in [0.15, 0.2) is 0 Å². The molecule has 1 amide bonds. The summed E-state index contributed by atoms with van der Waals surface area (Å²) in [4.78, 5) is 11.5. The molecule has 1 aliphatic carbocycles. The van der Waals surface area contributed by atoms with Gasteiger partial charge in [0, 0.05) is 12.5 Å². The number of carbonyl (C=O) groups excluding carboxylic acids is 1. The molecule has 0 saturated heterocycles. The summed E-state index contributed by atoms with van der Waals surface area (Å²) in [7, 11) is 0. The Labute approximate surface area is 81.1 Å². The highest BCUT2D eigenvalue weighted by molar-refractivity contribution is 5.77. The Balaban J connectivity index is 2.36. The molecule has 0 radical (unpaired) electrons. The van der Waals surface area contributed by atoms with Crippen molar-refractivity contribution in [3.8, 4) is 0 Å². The second-order valence-corrected chi connectivity index (χ2v) is 4.92. The third-order valence-electron chi connectivity index (χ3n) is 3.08. The molecule has 1 rings (SSSR count). The van der Waals surface area contributed by atoms with E-state index < -0.39 is 0 Å². The normalized spacial score (nSPS) is 19.2. The lowest BCUT2D eigenvalue weighted by Gasteiger charge is -2.19. The lowest BCUT2D eigenvalue weighted by molar-refractivity contribution is -0.123. The summed E-state index contributed by atoms with van der Waals surface area (Å²) in [5.41, 5.74) is 0.346. The minimum absolute atomic E-state index is 0.223. The van der Waals surface area contributed by atoms with Crippen LogP contribution in [0.25, 0.3) is 0 Å². The molecule has 0 unspecified atom stereocenters. The van der Waals surface area contributed by atoms with Crippen molar-refractivity contribution in [2.24, 2.45) is 11.3 Å². The van der Waals surface area contributed by atoms with Crippen LogP contribution in [0.3, 0.4) is 0 Å². The van der Waals surface area contributed by atoms with E-state index in [9.17, 15) is 4.79 Å². The van der Waals surface area contributed by atoms with E-state index in [0.717, 1.165) is 6.42 Å². The molecule has 0 aromatic rings. The number of amides is 1. The zero-order valence-corrected chi connectivity index (χ0v) is 9.18. The molecule has 1 fully saturated rings. The lowest BCUT2D eigenvalue weighted by Crippen LogP contribution is -2.32. The molecule has 0 aromatic carbocycles. The molecule has 0 aromatic heterocycles. The first kappa shape index (κ1) is 10.6. The average Bonchev–Trinajstić information content (AvgIpc) is 2.66. The van der Waals surface area contributed by atoms with Crippen molar-refractivity contribution in [3.63, 3.8) is 0 Å². The van der Waals surface area contributed by atoms with Gasteiger partial charge in [0.25, 0.3) is 0 Å². The highest BCUT2D eigenvalue weighted by atomic mass is 16.1. The van der Waals surface area contributed by atoms with E-state index in [4.69, 9.17) is 0 Å². The van der Waals surface area contributed by atoms with Crippen molar-refractivity contribution in [2.75, 3.05) is 0 Å². The Kier molecular flexibility index (Phi) is 2.99. The summed E-state index contributed by atoms with van der Waals surface area (Å²) < 4.78 is 0. The third kappa shape index (κ3) is 2.71. The van der Waals surface area contributed by atoms with Crippen LogP contribution in [0, 0.1) is 11.3 Å². The summed E-state index contributed by atoms with van der Waals surface area (Å²) in [5.74, 6) is 0.867. The number of hydrogen-bond acceptors (Lipinski definition) is 1. The third-order valence-corrected chi connectivity index (χ3v) is 3.08.